The number of aromatic nitrogens is 2. The van der Waals surface area contributed by atoms with Crippen molar-refractivity contribution in [3.63, 3.8) is 0 Å². The third-order valence-electron chi connectivity index (χ3n) is 4.16. The van der Waals surface area contributed by atoms with Gasteiger partial charge in [-0.25, -0.2) is 0 Å². The van der Waals surface area contributed by atoms with Crippen LogP contribution in [0.4, 0.5) is 0 Å². The van der Waals surface area contributed by atoms with Gasteiger partial charge in [0.2, 0.25) is 5.91 Å². The standard InChI is InChI=1S/C17H20N4O3/c1-18-16(22)15-10-13(24-12-6-4-3-5-7-12)11-21(15)17(23)14-8-9-19-20(14)2/h3-9,13,15H,10-11H2,1-2H3,(H,18,22)/t13-,15-/m0/s1. The third-order valence-corrected chi connectivity index (χ3v) is 4.16. The molecule has 1 aliphatic rings. The van der Waals surface area contributed by atoms with Gasteiger partial charge < -0.3 is 15.0 Å². The van der Waals surface area contributed by atoms with Gasteiger partial charge in [-0.2, -0.15) is 5.10 Å². The van der Waals surface area contributed by atoms with Crippen molar-refractivity contribution in [1.82, 2.24) is 20.0 Å². The number of ether oxygens (including phenoxy) is 1. The predicted molar refractivity (Wildman–Crippen MR) is 87.6 cm³/mol. The zero-order chi connectivity index (χ0) is 17.1. The Kier molecular flexibility index (Phi) is 4.50. The maximum Gasteiger partial charge on any atom is 0.272 e. The van der Waals surface area contributed by atoms with Gasteiger partial charge in [0.15, 0.2) is 0 Å². The Morgan fingerprint density at radius 1 is 1.25 bits per heavy atom. The van der Waals surface area contributed by atoms with Crippen LogP contribution in [0.5, 0.6) is 5.75 Å². The number of hydrogen-bond donors (Lipinski definition) is 1. The van der Waals surface area contributed by atoms with E-state index in [2.05, 4.69) is 10.4 Å². The molecular weight excluding hydrogens is 308 g/mol. The lowest BCUT2D eigenvalue weighted by atomic mass is 10.2. The fraction of sp³-hybridized carbons (Fsp3) is 0.353. The molecule has 1 fully saturated rings. The molecule has 0 saturated carbocycles. The summed E-state index contributed by atoms with van der Waals surface area (Å²) in [5.41, 5.74) is 0.448. The molecular formula is C17H20N4O3. The quantitative estimate of drug-likeness (QED) is 0.902. The summed E-state index contributed by atoms with van der Waals surface area (Å²) in [5, 5.41) is 6.65. The van der Waals surface area contributed by atoms with Crippen molar-refractivity contribution in [3.8, 4) is 5.75 Å². The van der Waals surface area contributed by atoms with E-state index in [9.17, 15) is 9.59 Å². The number of likely N-dealkylation sites (tertiary alicyclic amines) is 1. The Morgan fingerprint density at radius 2 is 2.00 bits per heavy atom. The highest BCUT2D eigenvalue weighted by Gasteiger charge is 2.41. The van der Waals surface area contributed by atoms with Crippen LogP contribution in [0.2, 0.25) is 0 Å². The molecule has 0 radical (unpaired) electrons. The summed E-state index contributed by atoms with van der Waals surface area (Å²) < 4.78 is 7.44. The second-order valence-corrected chi connectivity index (χ2v) is 5.72. The molecule has 1 aromatic heterocycles. The summed E-state index contributed by atoms with van der Waals surface area (Å²) in [5.74, 6) is 0.320. The highest BCUT2D eigenvalue weighted by molar-refractivity contribution is 5.96. The highest BCUT2D eigenvalue weighted by atomic mass is 16.5. The van der Waals surface area contributed by atoms with Crippen LogP contribution in [0, 0.1) is 0 Å². The first-order valence-electron chi connectivity index (χ1n) is 7.82. The number of benzene rings is 1. The molecule has 24 heavy (non-hydrogen) atoms. The smallest absolute Gasteiger partial charge is 0.272 e. The SMILES string of the molecule is CNC(=O)[C@@H]1C[C@H](Oc2ccccc2)CN1C(=O)c1ccnn1C. The Bertz CT molecular complexity index is 728. The molecule has 1 N–H and O–H groups in total. The number of carbonyl (C=O) groups is 2. The van der Waals surface area contributed by atoms with Crippen LogP contribution in [0.15, 0.2) is 42.6 Å². The van der Waals surface area contributed by atoms with Gasteiger partial charge in [-0.15, -0.1) is 0 Å². The van der Waals surface area contributed by atoms with E-state index in [4.69, 9.17) is 4.74 Å². The van der Waals surface area contributed by atoms with E-state index in [1.165, 1.54) is 4.68 Å². The minimum Gasteiger partial charge on any atom is -0.488 e. The molecule has 1 aliphatic heterocycles. The van der Waals surface area contributed by atoms with Crippen molar-refractivity contribution in [1.29, 1.82) is 0 Å². The molecule has 1 aromatic carbocycles. The number of hydrogen-bond acceptors (Lipinski definition) is 4. The molecule has 126 valence electrons. The monoisotopic (exact) mass is 328 g/mol. The number of likely N-dealkylation sites (N-methyl/N-ethyl adjacent to an activating group) is 1. The Hall–Kier alpha value is -2.83. The number of nitrogens with zero attached hydrogens (tertiary/aromatic N) is 3. The number of aryl methyl sites for hydroxylation is 1. The largest absolute Gasteiger partial charge is 0.488 e. The molecule has 0 aliphatic carbocycles. The van der Waals surface area contributed by atoms with E-state index in [1.54, 1.807) is 31.3 Å². The molecule has 1 saturated heterocycles. The van der Waals surface area contributed by atoms with Crippen LogP contribution in [0.3, 0.4) is 0 Å². The molecule has 0 spiro atoms. The molecule has 3 rings (SSSR count). The van der Waals surface area contributed by atoms with Gasteiger partial charge >= 0.3 is 0 Å². The second kappa shape index (κ2) is 6.74. The Balaban J connectivity index is 1.79. The second-order valence-electron chi connectivity index (χ2n) is 5.72. The van der Waals surface area contributed by atoms with E-state index in [1.807, 2.05) is 30.3 Å². The third kappa shape index (κ3) is 3.10. The fourth-order valence-corrected chi connectivity index (χ4v) is 2.94. The van der Waals surface area contributed by atoms with Crippen molar-refractivity contribution in [2.45, 2.75) is 18.6 Å². The van der Waals surface area contributed by atoms with Crippen molar-refractivity contribution in [2.24, 2.45) is 7.05 Å². The molecule has 0 unspecified atom stereocenters. The summed E-state index contributed by atoms with van der Waals surface area (Å²) in [6.07, 6.45) is 1.79. The lowest BCUT2D eigenvalue weighted by molar-refractivity contribution is -0.124. The minimum absolute atomic E-state index is 0.190. The molecule has 7 nitrogen and oxygen atoms in total. The van der Waals surface area contributed by atoms with E-state index in [0.29, 0.717) is 18.7 Å². The lowest BCUT2D eigenvalue weighted by Gasteiger charge is -2.22. The lowest BCUT2D eigenvalue weighted by Crippen LogP contribution is -2.45. The summed E-state index contributed by atoms with van der Waals surface area (Å²) in [6, 6.07) is 10.5. The first-order chi connectivity index (χ1) is 11.6. The number of nitrogens with one attached hydrogen (secondary N) is 1. The van der Waals surface area contributed by atoms with Crippen LogP contribution in [0.1, 0.15) is 16.9 Å². The van der Waals surface area contributed by atoms with Gasteiger partial charge in [0, 0.05) is 26.7 Å². The van der Waals surface area contributed by atoms with Gasteiger partial charge in [-0.1, -0.05) is 18.2 Å². The number of rotatable bonds is 4. The molecule has 2 heterocycles. The topological polar surface area (TPSA) is 76.5 Å². The summed E-state index contributed by atoms with van der Waals surface area (Å²) in [6.45, 7) is 0.358. The van der Waals surface area contributed by atoms with Crippen LogP contribution >= 0.6 is 0 Å². The molecule has 2 amide bonds. The average Bonchev–Trinajstić information content (AvgIpc) is 3.21. The van der Waals surface area contributed by atoms with Gasteiger partial charge in [-0.3, -0.25) is 14.3 Å². The van der Waals surface area contributed by atoms with E-state index in [-0.39, 0.29) is 17.9 Å². The van der Waals surface area contributed by atoms with Gasteiger partial charge in [0.25, 0.3) is 5.91 Å². The molecule has 0 bridgehead atoms. The predicted octanol–water partition coefficient (Wildman–Crippen LogP) is 0.828. The summed E-state index contributed by atoms with van der Waals surface area (Å²) in [7, 11) is 3.27. The average molecular weight is 328 g/mol. The molecule has 2 atom stereocenters. The van der Waals surface area contributed by atoms with Crippen molar-refractivity contribution in [3.05, 3.63) is 48.3 Å². The first-order valence-corrected chi connectivity index (χ1v) is 7.82. The van der Waals surface area contributed by atoms with Crippen LogP contribution < -0.4 is 10.1 Å². The minimum atomic E-state index is -0.550. The number of carbonyl (C=O) groups excluding carboxylic acids is 2. The van der Waals surface area contributed by atoms with Gasteiger partial charge in [-0.05, 0) is 18.2 Å². The van der Waals surface area contributed by atoms with Crippen LogP contribution in [-0.4, -0.2) is 52.2 Å². The Labute approximate surface area is 140 Å². The highest BCUT2D eigenvalue weighted by Crippen LogP contribution is 2.24. The van der Waals surface area contributed by atoms with Crippen LogP contribution in [-0.2, 0) is 11.8 Å². The van der Waals surface area contributed by atoms with Crippen molar-refractivity contribution in [2.75, 3.05) is 13.6 Å². The maximum absolute atomic E-state index is 12.8. The first kappa shape index (κ1) is 16.0. The van der Waals surface area contributed by atoms with E-state index >= 15 is 0 Å². The van der Waals surface area contributed by atoms with Gasteiger partial charge in [0.1, 0.15) is 23.6 Å². The van der Waals surface area contributed by atoms with Gasteiger partial charge in [0.05, 0.1) is 6.54 Å². The maximum atomic E-state index is 12.8. The van der Waals surface area contributed by atoms with Crippen molar-refractivity contribution < 1.29 is 14.3 Å². The molecule has 2 aromatic rings. The van der Waals surface area contributed by atoms with E-state index < -0.39 is 6.04 Å². The zero-order valence-electron chi connectivity index (χ0n) is 13.7. The zero-order valence-corrected chi connectivity index (χ0v) is 13.7. The van der Waals surface area contributed by atoms with Crippen LogP contribution in [0.25, 0.3) is 0 Å². The normalized spacial score (nSPS) is 20.0. The Morgan fingerprint density at radius 3 is 2.62 bits per heavy atom. The number of amides is 2. The summed E-state index contributed by atoms with van der Waals surface area (Å²) in [4.78, 5) is 26.5. The van der Waals surface area contributed by atoms with E-state index in [0.717, 1.165) is 5.75 Å². The molecule has 7 heteroatoms. The fourth-order valence-electron chi connectivity index (χ4n) is 2.94. The summed E-state index contributed by atoms with van der Waals surface area (Å²) >= 11 is 0. The number of para-hydroxylation sites is 1. The van der Waals surface area contributed by atoms with Crippen molar-refractivity contribution >= 4 is 11.8 Å².